The number of phenols is 1. The normalized spacial score (nSPS) is 17.8. The molecule has 1 aliphatic carbocycles. The molecule has 2 atom stereocenters. The lowest BCUT2D eigenvalue weighted by atomic mass is 9.83. The molecule has 0 aromatic heterocycles. The van der Waals surface area contributed by atoms with Crippen molar-refractivity contribution in [3.8, 4) is 5.75 Å². The molecule has 1 aliphatic rings. The number of hydrogen-bond donors (Lipinski definition) is 2. The van der Waals surface area contributed by atoms with Crippen LogP contribution in [-0.4, -0.2) is 23.3 Å². The van der Waals surface area contributed by atoms with Crippen LogP contribution in [0.2, 0.25) is 0 Å². The van der Waals surface area contributed by atoms with E-state index in [4.69, 9.17) is 9.84 Å². The molecule has 1 aromatic rings. The van der Waals surface area contributed by atoms with Crippen molar-refractivity contribution in [3.63, 3.8) is 0 Å². The summed E-state index contributed by atoms with van der Waals surface area (Å²) in [5.74, 6) is 0.196. The maximum atomic E-state index is 11.7. The lowest BCUT2D eigenvalue weighted by Crippen LogP contribution is -2.22. The number of aliphatic hydroxyl groups is 1. The number of methoxy groups -OCH3 is 1. The zero-order valence-electron chi connectivity index (χ0n) is 11.3. The average Bonchev–Trinajstić information content (AvgIpc) is 3.22. The second-order valence-electron chi connectivity index (χ2n) is 5.22. The highest BCUT2D eigenvalue weighted by atomic mass is 16.5. The summed E-state index contributed by atoms with van der Waals surface area (Å²) in [6.07, 6.45) is 2.21. The van der Waals surface area contributed by atoms with E-state index >= 15 is 0 Å². The Bertz CT molecular complexity index is 465. The molecule has 4 nitrogen and oxygen atoms in total. The molecule has 2 unspecified atom stereocenters. The van der Waals surface area contributed by atoms with Crippen molar-refractivity contribution in [3.05, 3.63) is 29.3 Å². The number of benzene rings is 1. The van der Waals surface area contributed by atoms with Gasteiger partial charge < -0.3 is 14.9 Å². The fourth-order valence-corrected chi connectivity index (χ4v) is 2.68. The highest BCUT2D eigenvalue weighted by Gasteiger charge is 2.39. The number of aromatic hydroxyl groups is 1. The number of rotatable bonds is 5. The molecule has 1 saturated carbocycles. The third kappa shape index (κ3) is 2.89. The molecule has 1 fully saturated rings. The highest BCUT2D eigenvalue weighted by Crippen LogP contribution is 2.47. The van der Waals surface area contributed by atoms with Crippen molar-refractivity contribution in [1.29, 1.82) is 0 Å². The number of ether oxygens (including phenoxy) is 1. The molecule has 2 N–H and O–H groups in total. The minimum atomic E-state index is -0.225. The largest absolute Gasteiger partial charge is 0.508 e. The van der Waals surface area contributed by atoms with E-state index in [1.165, 1.54) is 7.11 Å². The number of carbonyl (C=O) groups is 1. The first kappa shape index (κ1) is 13.9. The zero-order valence-corrected chi connectivity index (χ0v) is 11.3. The number of aliphatic hydroxyl groups excluding tert-OH is 1. The minimum Gasteiger partial charge on any atom is -0.508 e. The standard InChI is InChI=1S/C15H20O4/c1-9(15(18)19-2)14(10-3-4-10)11-5-6-12(8-16)13(17)7-11/h5-7,9-10,14,16-17H,3-4,8H2,1-2H3. The molecule has 0 amide bonds. The predicted octanol–water partition coefficient (Wildman–Crippen LogP) is 2.19. The summed E-state index contributed by atoms with van der Waals surface area (Å²) < 4.78 is 4.83. The monoisotopic (exact) mass is 264 g/mol. The first-order valence-corrected chi connectivity index (χ1v) is 6.59. The summed E-state index contributed by atoms with van der Waals surface area (Å²) in [6, 6.07) is 5.26. The maximum Gasteiger partial charge on any atom is 0.309 e. The van der Waals surface area contributed by atoms with Crippen molar-refractivity contribution >= 4 is 5.97 Å². The first-order valence-electron chi connectivity index (χ1n) is 6.59. The van der Waals surface area contributed by atoms with Crippen LogP contribution in [0.15, 0.2) is 18.2 Å². The van der Waals surface area contributed by atoms with Gasteiger partial charge in [0, 0.05) is 5.56 Å². The van der Waals surface area contributed by atoms with Gasteiger partial charge in [-0.05, 0) is 36.3 Å². The van der Waals surface area contributed by atoms with Gasteiger partial charge in [-0.1, -0.05) is 19.1 Å². The predicted molar refractivity (Wildman–Crippen MR) is 70.7 cm³/mol. The van der Waals surface area contributed by atoms with Crippen LogP contribution < -0.4 is 0 Å². The molecule has 104 valence electrons. The van der Waals surface area contributed by atoms with Crippen LogP contribution in [0.1, 0.15) is 36.8 Å². The van der Waals surface area contributed by atoms with Crippen molar-refractivity contribution in [2.75, 3.05) is 7.11 Å². The van der Waals surface area contributed by atoms with E-state index in [1.54, 1.807) is 12.1 Å². The van der Waals surface area contributed by atoms with Gasteiger partial charge in [0.1, 0.15) is 5.75 Å². The minimum absolute atomic E-state index is 0.0751. The molecule has 19 heavy (non-hydrogen) atoms. The lowest BCUT2D eigenvalue weighted by molar-refractivity contribution is -0.145. The van der Waals surface area contributed by atoms with Gasteiger partial charge >= 0.3 is 5.97 Å². The number of hydrogen-bond acceptors (Lipinski definition) is 4. The molecule has 1 aromatic carbocycles. The summed E-state index contributed by atoms with van der Waals surface area (Å²) in [5.41, 5.74) is 1.44. The molecular weight excluding hydrogens is 244 g/mol. The van der Waals surface area contributed by atoms with Gasteiger partial charge in [0.25, 0.3) is 0 Å². The Morgan fingerprint density at radius 2 is 2.16 bits per heavy atom. The highest BCUT2D eigenvalue weighted by molar-refractivity contribution is 5.73. The maximum absolute atomic E-state index is 11.7. The summed E-state index contributed by atoms with van der Waals surface area (Å²) in [7, 11) is 1.40. The van der Waals surface area contributed by atoms with Gasteiger partial charge in [-0.25, -0.2) is 0 Å². The van der Waals surface area contributed by atoms with Gasteiger partial charge in [-0.2, -0.15) is 0 Å². The van der Waals surface area contributed by atoms with Crippen LogP contribution in [0.3, 0.4) is 0 Å². The van der Waals surface area contributed by atoms with Crippen molar-refractivity contribution in [2.45, 2.75) is 32.3 Å². The number of carbonyl (C=O) groups excluding carboxylic acids is 1. The van der Waals surface area contributed by atoms with Crippen LogP contribution in [0.5, 0.6) is 5.75 Å². The van der Waals surface area contributed by atoms with Gasteiger partial charge in [0.2, 0.25) is 0 Å². The van der Waals surface area contributed by atoms with Crippen LogP contribution in [0, 0.1) is 11.8 Å². The molecular formula is C15H20O4. The topological polar surface area (TPSA) is 66.8 Å². The molecule has 0 spiro atoms. The summed E-state index contributed by atoms with van der Waals surface area (Å²) in [4.78, 5) is 11.7. The van der Waals surface area contributed by atoms with E-state index < -0.39 is 0 Å². The van der Waals surface area contributed by atoms with Crippen LogP contribution >= 0.6 is 0 Å². The molecule has 0 bridgehead atoms. The molecule has 0 aliphatic heterocycles. The average molecular weight is 264 g/mol. The molecule has 0 radical (unpaired) electrons. The van der Waals surface area contributed by atoms with Crippen LogP contribution in [-0.2, 0) is 16.1 Å². The van der Waals surface area contributed by atoms with Gasteiger partial charge in [0.15, 0.2) is 0 Å². The Morgan fingerprint density at radius 1 is 1.47 bits per heavy atom. The third-order valence-electron chi connectivity index (χ3n) is 3.91. The lowest BCUT2D eigenvalue weighted by Gasteiger charge is -2.23. The second kappa shape index (κ2) is 5.61. The van der Waals surface area contributed by atoms with Crippen LogP contribution in [0.4, 0.5) is 0 Å². The fourth-order valence-electron chi connectivity index (χ4n) is 2.68. The molecule has 0 heterocycles. The molecule has 0 saturated heterocycles. The first-order chi connectivity index (χ1) is 9.08. The van der Waals surface area contributed by atoms with Gasteiger partial charge in [0.05, 0.1) is 19.6 Å². The van der Waals surface area contributed by atoms with Gasteiger partial charge in [-0.15, -0.1) is 0 Å². The Labute approximate surface area is 113 Å². The van der Waals surface area contributed by atoms with Crippen LogP contribution in [0.25, 0.3) is 0 Å². The van der Waals surface area contributed by atoms with E-state index in [0.717, 1.165) is 18.4 Å². The van der Waals surface area contributed by atoms with E-state index in [-0.39, 0.29) is 30.2 Å². The van der Waals surface area contributed by atoms with Gasteiger partial charge in [-0.3, -0.25) is 4.79 Å². The van der Waals surface area contributed by atoms with E-state index in [2.05, 4.69) is 0 Å². The zero-order chi connectivity index (χ0) is 14.0. The van der Waals surface area contributed by atoms with E-state index in [9.17, 15) is 9.90 Å². The van der Waals surface area contributed by atoms with Crippen molar-refractivity contribution in [1.82, 2.24) is 0 Å². The van der Waals surface area contributed by atoms with Crippen molar-refractivity contribution in [2.24, 2.45) is 11.8 Å². The van der Waals surface area contributed by atoms with E-state index in [0.29, 0.717) is 11.5 Å². The Morgan fingerprint density at radius 3 is 2.63 bits per heavy atom. The second-order valence-corrected chi connectivity index (χ2v) is 5.22. The molecule has 2 rings (SSSR count). The SMILES string of the molecule is COC(=O)C(C)C(c1ccc(CO)c(O)c1)C1CC1. The Hall–Kier alpha value is -1.55. The summed E-state index contributed by atoms with van der Waals surface area (Å²) in [6.45, 7) is 1.68. The smallest absolute Gasteiger partial charge is 0.309 e. The fraction of sp³-hybridized carbons (Fsp3) is 0.533. The summed E-state index contributed by atoms with van der Waals surface area (Å²) in [5, 5.41) is 18.9. The quantitative estimate of drug-likeness (QED) is 0.800. The van der Waals surface area contributed by atoms with Crippen molar-refractivity contribution < 1.29 is 19.7 Å². The third-order valence-corrected chi connectivity index (χ3v) is 3.91. The Kier molecular flexibility index (Phi) is 4.10. The number of esters is 1. The Balaban J connectivity index is 2.29. The molecule has 4 heteroatoms. The van der Waals surface area contributed by atoms with E-state index in [1.807, 2.05) is 13.0 Å². The summed E-state index contributed by atoms with van der Waals surface area (Å²) >= 11 is 0.